The Balaban J connectivity index is 1.64. The van der Waals surface area contributed by atoms with Gasteiger partial charge in [-0.2, -0.15) is 4.31 Å². The Morgan fingerprint density at radius 1 is 1.14 bits per heavy atom. The Bertz CT molecular complexity index is 989. The van der Waals surface area contributed by atoms with E-state index in [4.69, 9.17) is 27.9 Å². The fraction of sp³-hybridized carbons (Fsp3) is 0.316. The third kappa shape index (κ3) is 4.78. The Labute approximate surface area is 174 Å². The average Bonchev–Trinajstić information content (AvgIpc) is 3.18. The molecule has 0 radical (unpaired) electrons. The standard InChI is InChI=1S/C19H20Cl2N2O4S/c1-13-10-14(20)4-6-17(13)22-19(24)12-27-18-7-5-15(11-16(18)21)28(25,26)23-8-2-3-9-23/h4-7,10-11H,2-3,8-9,12H2,1H3,(H,22,24). The van der Waals surface area contributed by atoms with Crippen LogP contribution in [0, 0.1) is 6.92 Å². The molecule has 1 aliphatic heterocycles. The van der Waals surface area contributed by atoms with Crippen LogP contribution in [0.1, 0.15) is 18.4 Å². The zero-order chi connectivity index (χ0) is 20.3. The van der Waals surface area contributed by atoms with Crippen molar-refractivity contribution in [3.8, 4) is 5.75 Å². The van der Waals surface area contributed by atoms with Gasteiger partial charge in [0.15, 0.2) is 6.61 Å². The summed E-state index contributed by atoms with van der Waals surface area (Å²) in [5.41, 5.74) is 1.46. The van der Waals surface area contributed by atoms with E-state index in [-0.39, 0.29) is 28.2 Å². The van der Waals surface area contributed by atoms with Crippen molar-refractivity contribution in [1.82, 2.24) is 4.31 Å². The number of rotatable bonds is 6. The SMILES string of the molecule is Cc1cc(Cl)ccc1NC(=O)COc1ccc(S(=O)(=O)N2CCCC2)cc1Cl. The van der Waals surface area contributed by atoms with Gasteiger partial charge in [0.1, 0.15) is 5.75 Å². The second kappa shape index (κ2) is 8.69. The number of hydrogen-bond acceptors (Lipinski definition) is 4. The van der Waals surface area contributed by atoms with Crippen LogP contribution in [-0.2, 0) is 14.8 Å². The highest BCUT2D eigenvalue weighted by Gasteiger charge is 2.27. The van der Waals surface area contributed by atoms with Gasteiger partial charge in [0, 0.05) is 23.8 Å². The Morgan fingerprint density at radius 3 is 2.50 bits per heavy atom. The molecule has 28 heavy (non-hydrogen) atoms. The summed E-state index contributed by atoms with van der Waals surface area (Å²) in [7, 11) is -3.55. The molecule has 0 unspecified atom stereocenters. The zero-order valence-electron chi connectivity index (χ0n) is 15.2. The maximum absolute atomic E-state index is 12.6. The van der Waals surface area contributed by atoms with Crippen molar-refractivity contribution in [2.75, 3.05) is 25.0 Å². The molecule has 2 aromatic carbocycles. The molecule has 0 aliphatic carbocycles. The molecule has 1 saturated heterocycles. The summed E-state index contributed by atoms with van der Waals surface area (Å²) in [6.07, 6.45) is 1.72. The lowest BCUT2D eigenvalue weighted by Crippen LogP contribution is -2.27. The van der Waals surface area contributed by atoms with Crippen molar-refractivity contribution in [2.24, 2.45) is 0 Å². The maximum Gasteiger partial charge on any atom is 0.262 e. The van der Waals surface area contributed by atoms with Gasteiger partial charge in [-0.05, 0) is 61.7 Å². The molecule has 0 spiro atoms. The predicted octanol–water partition coefficient (Wildman–Crippen LogP) is 4.10. The molecule has 9 heteroatoms. The van der Waals surface area contributed by atoms with Gasteiger partial charge < -0.3 is 10.1 Å². The largest absolute Gasteiger partial charge is 0.482 e. The minimum Gasteiger partial charge on any atom is -0.482 e. The van der Waals surface area contributed by atoms with Crippen molar-refractivity contribution in [3.05, 3.63) is 52.0 Å². The summed E-state index contributed by atoms with van der Waals surface area (Å²) < 4.78 is 32.0. The van der Waals surface area contributed by atoms with Crippen LogP contribution in [0.3, 0.4) is 0 Å². The van der Waals surface area contributed by atoms with E-state index < -0.39 is 10.0 Å². The van der Waals surface area contributed by atoms with Gasteiger partial charge in [-0.3, -0.25) is 4.79 Å². The van der Waals surface area contributed by atoms with E-state index in [9.17, 15) is 13.2 Å². The monoisotopic (exact) mass is 442 g/mol. The molecule has 0 aromatic heterocycles. The Morgan fingerprint density at radius 2 is 1.86 bits per heavy atom. The smallest absolute Gasteiger partial charge is 0.262 e. The number of anilines is 1. The lowest BCUT2D eigenvalue weighted by atomic mass is 10.2. The fourth-order valence-corrected chi connectivity index (χ4v) is 5.00. The predicted molar refractivity (Wildman–Crippen MR) is 110 cm³/mol. The first-order valence-electron chi connectivity index (χ1n) is 8.76. The average molecular weight is 443 g/mol. The van der Waals surface area contributed by atoms with E-state index >= 15 is 0 Å². The highest BCUT2D eigenvalue weighted by molar-refractivity contribution is 7.89. The van der Waals surface area contributed by atoms with E-state index in [2.05, 4.69) is 5.32 Å². The molecule has 0 bridgehead atoms. The van der Waals surface area contributed by atoms with E-state index in [1.807, 2.05) is 6.92 Å². The summed E-state index contributed by atoms with van der Waals surface area (Å²) in [6.45, 7) is 2.60. The van der Waals surface area contributed by atoms with E-state index in [1.165, 1.54) is 22.5 Å². The van der Waals surface area contributed by atoms with Crippen LogP contribution in [0.4, 0.5) is 5.69 Å². The quantitative estimate of drug-likeness (QED) is 0.730. The molecule has 2 aromatic rings. The van der Waals surface area contributed by atoms with Gasteiger partial charge in [-0.1, -0.05) is 23.2 Å². The molecule has 1 N–H and O–H groups in total. The number of hydrogen-bond donors (Lipinski definition) is 1. The normalized spacial score (nSPS) is 14.8. The molecule has 1 heterocycles. The second-order valence-electron chi connectivity index (χ2n) is 6.50. The lowest BCUT2D eigenvalue weighted by Gasteiger charge is -2.16. The molecular formula is C19H20Cl2N2O4S. The first-order valence-corrected chi connectivity index (χ1v) is 11.0. The molecule has 1 amide bonds. The summed E-state index contributed by atoms with van der Waals surface area (Å²) in [6, 6.07) is 9.39. The number of benzene rings is 2. The molecule has 1 aliphatic rings. The molecule has 1 fully saturated rings. The van der Waals surface area contributed by atoms with Gasteiger partial charge in [-0.15, -0.1) is 0 Å². The lowest BCUT2D eigenvalue weighted by molar-refractivity contribution is -0.118. The highest BCUT2D eigenvalue weighted by Crippen LogP contribution is 2.30. The minimum absolute atomic E-state index is 0.119. The van der Waals surface area contributed by atoms with Crippen molar-refractivity contribution in [3.63, 3.8) is 0 Å². The van der Waals surface area contributed by atoms with Gasteiger partial charge in [-0.25, -0.2) is 8.42 Å². The van der Waals surface area contributed by atoms with Crippen molar-refractivity contribution >= 4 is 44.8 Å². The first-order chi connectivity index (χ1) is 13.3. The van der Waals surface area contributed by atoms with E-state index in [1.54, 1.807) is 18.2 Å². The van der Waals surface area contributed by atoms with E-state index in [0.29, 0.717) is 23.8 Å². The van der Waals surface area contributed by atoms with Crippen LogP contribution in [0.2, 0.25) is 10.0 Å². The second-order valence-corrected chi connectivity index (χ2v) is 9.28. The molecule has 0 atom stereocenters. The van der Waals surface area contributed by atoms with Gasteiger partial charge in [0.05, 0.1) is 9.92 Å². The fourth-order valence-electron chi connectivity index (χ4n) is 2.93. The van der Waals surface area contributed by atoms with Crippen LogP contribution < -0.4 is 10.1 Å². The summed E-state index contributed by atoms with van der Waals surface area (Å²) in [4.78, 5) is 12.2. The number of sulfonamides is 1. The number of ether oxygens (including phenoxy) is 1. The molecule has 0 saturated carbocycles. The molecular weight excluding hydrogens is 423 g/mol. The molecule has 3 rings (SSSR count). The van der Waals surface area contributed by atoms with Crippen molar-refractivity contribution < 1.29 is 17.9 Å². The number of carbonyl (C=O) groups is 1. The molecule has 150 valence electrons. The van der Waals surface area contributed by atoms with Gasteiger partial charge in [0.2, 0.25) is 10.0 Å². The number of aryl methyl sites for hydroxylation is 1. The van der Waals surface area contributed by atoms with Gasteiger partial charge >= 0.3 is 0 Å². The number of amides is 1. The highest BCUT2D eigenvalue weighted by atomic mass is 35.5. The van der Waals surface area contributed by atoms with Gasteiger partial charge in [0.25, 0.3) is 5.91 Å². The Kier molecular flexibility index (Phi) is 6.50. The van der Waals surface area contributed by atoms with Crippen LogP contribution in [-0.4, -0.2) is 38.3 Å². The van der Waals surface area contributed by atoms with Crippen LogP contribution >= 0.6 is 23.2 Å². The molecule has 6 nitrogen and oxygen atoms in total. The summed E-state index contributed by atoms with van der Waals surface area (Å²) in [5.74, 6) is -0.125. The van der Waals surface area contributed by atoms with Crippen LogP contribution in [0.15, 0.2) is 41.3 Å². The van der Waals surface area contributed by atoms with Crippen molar-refractivity contribution in [1.29, 1.82) is 0 Å². The van der Waals surface area contributed by atoms with E-state index in [0.717, 1.165) is 18.4 Å². The Hall–Kier alpha value is -1.80. The zero-order valence-corrected chi connectivity index (χ0v) is 17.6. The first kappa shape index (κ1) is 20.9. The number of carbonyl (C=O) groups excluding carboxylic acids is 1. The minimum atomic E-state index is -3.55. The number of nitrogens with one attached hydrogen (secondary N) is 1. The summed E-state index contributed by atoms with van der Waals surface area (Å²) in [5, 5.41) is 3.45. The van der Waals surface area contributed by atoms with Crippen LogP contribution in [0.5, 0.6) is 5.75 Å². The summed E-state index contributed by atoms with van der Waals surface area (Å²) >= 11 is 12.1. The maximum atomic E-state index is 12.6. The topological polar surface area (TPSA) is 75.7 Å². The third-order valence-electron chi connectivity index (χ3n) is 4.43. The number of nitrogens with zero attached hydrogens (tertiary/aromatic N) is 1. The number of halogens is 2. The van der Waals surface area contributed by atoms with Crippen LogP contribution in [0.25, 0.3) is 0 Å². The third-order valence-corrected chi connectivity index (χ3v) is 6.85. The van der Waals surface area contributed by atoms with Crippen molar-refractivity contribution in [2.45, 2.75) is 24.7 Å².